The van der Waals surface area contributed by atoms with Gasteiger partial charge < -0.3 is 19.1 Å². The Labute approximate surface area is 153 Å². The lowest BCUT2D eigenvalue weighted by atomic mass is 9.89. The van der Waals surface area contributed by atoms with Crippen LogP contribution in [0.2, 0.25) is 0 Å². The summed E-state index contributed by atoms with van der Waals surface area (Å²) in [5.41, 5.74) is 0.789. The number of rotatable bonds is 5. The Morgan fingerprint density at radius 1 is 1.31 bits per heavy atom. The molecule has 2 aliphatic heterocycles. The van der Waals surface area contributed by atoms with Gasteiger partial charge in [-0.3, -0.25) is 4.98 Å². The summed E-state index contributed by atoms with van der Waals surface area (Å²) in [7, 11) is 1.62. The van der Waals surface area contributed by atoms with Crippen molar-refractivity contribution in [3.8, 4) is 5.88 Å². The highest BCUT2D eigenvalue weighted by atomic mass is 16.6. The van der Waals surface area contributed by atoms with Crippen LogP contribution in [0, 0.1) is 0 Å². The average molecular weight is 356 g/mol. The number of hydrogen-bond acceptors (Lipinski definition) is 7. The Morgan fingerprint density at radius 3 is 3.12 bits per heavy atom. The number of ether oxygens (including phenoxy) is 3. The van der Waals surface area contributed by atoms with Gasteiger partial charge in [-0.25, -0.2) is 9.97 Å². The van der Waals surface area contributed by atoms with Crippen LogP contribution < -0.4 is 9.64 Å². The smallest absolute Gasteiger partial charge is 0.218 e. The molecule has 0 bridgehead atoms. The Hall–Kier alpha value is -2.25. The minimum atomic E-state index is -0.161. The van der Waals surface area contributed by atoms with Gasteiger partial charge in [0.25, 0.3) is 0 Å². The first kappa shape index (κ1) is 17.2. The predicted octanol–water partition coefficient (Wildman–Crippen LogP) is 2.22. The fourth-order valence-corrected chi connectivity index (χ4v) is 3.79. The van der Waals surface area contributed by atoms with E-state index in [1.165, 1.54) is 0 Å². The molecule has 7 nitrogen and oxygen atoms in total. The van der Waals surface area contributed by atoms with Crippen LogP contribution in [0.4, 0.5) is 5.82 Å². The molecule has 4 heterocycles. The maximum atomic E-state index is 6.23. The molecule has 2 aromatic rings. The first-order chi connectivity index (χ1) is 12.8. The Bertz CT molecular complexity index is 730. The molecule has 2 fully saturated rings. The standard InChI is InChI=1S/C19H24N4O3/c1-24-18-9-17(21-14-22-18)23-8-4-6-19(13-23)10-16(12-26-19)25-11-15-5-2-3-7-20-15/h2-3,5,7,9,14,16H,4,6,8,10-13H2,1H3/t16-,19-/m0/s1. The highest BCUT2D eigenvalue weighted by molar-refractivity contribution is 5.42. The molecule has 2 aromatic heterocycles. The summed E-state index contributed by atoms with van der Waals surface area (Å²) in [6.45, 7) is 2.94. The molecule has 0 amide bonds. The molecule has 0 aromatic carbocycles. The van der Waals surface area contributed by atoms with E-state index in [1.807, 2.05) is 24.3 Å². The van der Waals surface area contributed by atoms with Gasteiger partial charge in [0.2, 0.25) is 5.88 Å². The van der Waals surface area contributed by atoms with Gasteiger partial charge in [-0.2, -0.15) is 0 Å². The van der Waals surface area contributed by atoms with E-state index in [-0.39, 0.29) is 11.7 Å². The van der Waals surface area contributed by atoms with Gasteiger partial charge in [-0.15, -0.1) is 0 Å². The summed E-state index contributed by atoms with van der Waals surface area (Å²) in [6, 6.07) is 7.75. The lowest BCUT2D eigenvalue weighted by Gasteiger charge is -2.40. The summed E-state index contributed by atoms with van der Waals surface area (Å²) in [5, 5.41) is 0. The number of aromatic nitrogens is 3. The van der Waals surface area contributed by atoms with E-state index >= 15 is 0 Å². The Morgan fingerprint density at radius 2 is 2.27 bits per heavy atom. The van der Waals surface area contributed by atoms with E-state index in [4.69, 9.17) is 14.2 Å². The third kappa shape index (κ3) is 3.78. The first-order valence-electron chi connectivity index (χ1n) is 9.03. The average Bonchev–Trinajstić information content (AvgIpc) is 3.09. The van der Waals surface area contributed by atoms with Gasteiger partial charge >= 0.3 is 0 Å². The van der Waals surface area contributed by atoms with Crippen LogP contribution in [-0.2, 0) is 16.1 Å². The highest BCUT2D eigenvalue weighted by Crippen LogP contribution is 2.37. The fraction of sp³-hybridized carbons (Fsp3) is 0.526. The summed E-state index contributed by atoms with van der Waals surface area (Å²) in [4.78, 5) is 15.1. The number of pyridine rings is 1. The van der Waals surface area contributed by atoms with Crippen molar-refractivity contribution < 1.29 is 14.2 Å². The minimum Gasteiger partial charge on any atom is -0.481 e. The van der Waals surface area contributed by atoms with Gasteiger partial charge in [0.1, 0.15) is 12.1 Å². The van der Waals surface area contributed by atoms with Crippen molar-refractivity contribution in [2.45, 2.75) is 37.6 Å². The van der Waals surface area contributed by atoms with E-state index in [0.717, 1.165) is 43.9 Å². The van der Waals surface area contributed by atoms with E-state index in [0.29, 0.717) is 19.1 Å². The normalized spacial score (nSPS) is 25.6. The zero-order valence-electron chi connectivity index (χ0n) is 15.0. The zero-order valence-corrected chi connectivity index (χ0v) is 15.0. The van der Waals surface area contributed by atoms with Crippen molar-refractivity contribution in [3.05, 3.63) is 42.5 Å². The molecule has 1 spiro atoms. The zero-order chi connectivity index (χ0) is 17.8. The van der Waals surface area contributed by atoms with Crippen LogP contribution in [-0.4, -0.2) is 53.5 Å². The molecule has 2 aliphatic rings. The number of anilines is 1. The second-order valence-corrected chi connectivity index (χ2v) is 6.90. The van der Waals surface area contributed by atoms with Crippen LogP contribution in [0.3, 0.4) is 0 Å². The molecule has 26 heavy (non-hydrogen) atoms. The largest absolute Gasteiger partial charge is 0.481 e. The van der Waals surface area contributed by atoms with Crippen LogP contribution >= 0.6 is 0 Å². The van der Waals surface area contributed by atoms with Crippen LogP contribution in [0.25, 0.3) is 0 Å². The summed E-state index contributed by atoms with van der Waals surface area (Å²) in [5.74, 6) is 1.47. The van der Waals surface area contributed by atoms with Gasteiger partial charge in [-0.05, 0) is 25.0 Å². The maximum Gasteiger partial charge on any atom is 0.218 e. The minimum absolute atomic E-state index is 0.108. The molecule has 4 rings (SSSR count). The van der Waals surface area contributed by atoms with E-state index in [1.54, 1.807) is 19.6 Å². The van der Waals surface area contributed by atoms with Crippen LogP contribution in [0.5, 0.6) is 5.88 Å². The molecular formula is C19H24N4O3. The molecule has 0 radical (unpaired) electrons. The van der Waals surface area contributed by atoms with E-state index in [9.17, 15) is 0 Å². The quantitative estimate of drug-likeness (QED) is 0.813. The number of nitrogens with zero attached hydrogens (tertiary/aromatic N) is 4. The molecular weight excluding hydrogens is 332 g/mol. The van der Waals surface area contributed by atoms with Crippen molar-refractivity contribution in [2.75, 3.05) is 31.7 Å². The topological polar surface area (TPSA) is 69.6 Å². The maximum absolute atomic E-state index is 6.23. The molecule has 2 saturated heterocycles. The number of hydrogen-bond donors (Lipinski definition) is 0. The monoisotopic (exact) mass is 356 g/mol. The van der Waals surface area contributed by atoms with Gasteiger partial charge in [0.15, 0.2) is 0 Å². The molecule has 0 unspecified atom stereocenters. The fourth-order valence-electron chi connectivity index (χ4n) is 3.79. The molecule has 2 atom stereocenters. The Kier molecular flexibility index (Phi) is 4.99. The second kappa shape index (κ2) is 7.55. The van der Waals surface area contributed by atoms with Crippen LogP contribution in [0.1, 0.15) is 25.0 Å². The lowest BCUT2D eigenvalue weighted by molar-refractivity contribution is -0.0139. The molecule has 0 aliphatic carbocycles. The van der Waals surface area contributed by atoms with Gasteiger partial charge in [0, 0.05) is 31.8 Å². The number of piperidine rings is 1. The van der Waals surface area contributed by atoms with E-state index in [2.05, 4.69) is 19.9 Å². The molecule has 138 valence electrons. The number of methoxy groups -OCH3 is 1. The van der Waals surface area contributed by atoms with Crippen molar-refractivity contribution in [3.63, 3.8) is 0 Å². The van der Waals surface area contributed by atoms with Crippen molar-refractivity contribution in [2.24, 2.45) is 0 Å². The first-order valence-corrected chi connectivity index (χ1v) is 9.03. The SMILES string of the molecule is COc1cc(N2CCC[C@]3(C[C@H](OCc4ccccn4)CO3)C2)ncn1. The summed E-state index contributed by atoms with van der Waals surface area (Å²) < 4.78 is 17.5. The second-order valence-electron chi connectivity index (χ2n) is 6.90. The third-order valence-electron chi connectivity index (χ3n) is 5.07. The highest BCUT2D eigenvalue weighted by Gasteiger charge is 2.44. The van der Waals surface area contributed by atoms with Crippen molar-refractivity contribution in [1.82, 2.24) is 15.0 Å². The van der Waals surface area contributed by atoms with Crippen molar-refractivity contribution >= 4 is 5.82 Å². The van der Waals surface area contributed by atoms with Crippen molar-refractivity contribution in [1.29, 1.82) is 0 Å². The van der Waals surface area contributed by atoms with Gasteiger partial charge in [-0.1, -0.05) is 6.07 Å². The summed E-state index contributed by atoms with van der Waals surface area (Å²) in [6.07, 6.45) is 6.47. The molecule has 0 N–H and O–H groups in total. The van der Waals surface area contributed by atoms with Gasteiger partial charge in [0.05, 0.1) is 37.7 Å². The molecule has 0 saturated carbocycles. The summed E-state index contributed by atoms with van der Waals surface area (Å²) >= 11 is 0. The Balaban J connectivity index is 1.37. The molecule has 7 heteroatoms. The predicted molar refractivity (Wildman–Crippen MR) is 96.1 cm³/mol. The lowest BCUT2D eigenvalue weighted by Crippen LogP contribution is -2.48. The van der Waals surface area contributed by atoms with Crippen LogP contribution in [0.15, 0.2) is 36.8 Å². The third-order valence-corrected chi connectivity index (χ3v) is 5.07. The van der Waals surface area contributed by atoms with E-state index < -0.39 is 0 Å².